The predicted molar refractivity (Wildman–Crippen MR) is 98.7 cm³/mol. The number of benzene rings is 2. The minimum absolute atomic E-state index is 0.00637. The number of hydrogen-bond donors (Lipinski definition) is 2. The molecule has 0 radical (unpaired) electrons. The van der Waals surface area contributed by atoms with Crippen LogP contribution in [0.1, 0.15) is 16.8 Å². The van der Waals surface area contributed by atoms with Crippen LogP contribution in [0.15, 0.2) is 54.6 Å². The van der Waals surface area contributed by atoms with Gasteiger partial charge in [0.15, 0.2) is 0 Å². The first-order valence-electron chi connectivity index (χ1n) is 8.22. The second-order valence-electron chi connectivity index (χ2n) is 6.20. The van der Waals surface area contributed by atoms with Gasteiger partial charge in [-0.05, 0) is 36.4 Å². The molecule has 1 atom stereocenters. The molecule has 0 saturated carbocycles. The standard InChI is InChI=1S/C19H20N4O3/c1-22(2)14-10-8-13(9-11-14)18(25)21-20-16-12-17(24)23(19(16)26)15-6-4-3-5-7-15/h3-11,16,20H,12H2,1-2H3,(H,21,25). The molecule has 0 aromatic heterocycles. The first-order valence-corrected chi connectivity index (χ1v) is 8.22. The average molecular weight is 352 g/mol. The Labute approximate surface area is 151 Å². The Kier molecular flexibility index (Phi) is 4.99. The predicted octanol–water partition coefficient (Wildman–Crippen LogP) is 1.32. The summed E-state index contributed by atoms with van der Waals surface area (Å²) in [5.41, 5.74) is 7.15. The second-order valence-corrected chi connectivity index (χ2v) is 6.20. The van der Waals surface area contributed by atoms with Crippen molar-refractivity contribution in [3.63, 3.8) is 0 Å². The normalized spacial score (nSPS) is 16.7. The second kappa shape index (κ2) is 7.37. The van der Waals surface area contributed by atoms with E-state index < -0.39 is 6.04 Å². The Balaban J connectivity index is 1.62. The summed E-state index contributed by atoms with van der Waals surface area (Å²) in [5.74, 6) is -1.05. The lowest BCUT2D eigenvalue weighted by molar-refractivity contribution is -0.121. The third-order valence-corrected chi connectivity index (χ3v) is 4.17. The molecule has 1 aliphatic rings. The molecule has 3 rings (SSSR count). The lowest BCUT2D eigenvalue weighted by Crippen LogP contribution is -2.48. The van der Waals surface area contributed by atoms with Gasteiger partial charge in [-0.15, -0.1) is 0 Å². The molecule has 134 valence electrons. The van der Waals surface area contributed by atoms with Crippen LogP contribution in [0, 0.1) is 0 Å². The molecule has 0 spiro atoms. The number of nitrogens with zero attached hydrogens (tertiary/aromatic N) is 2. The van der Waals surface area contributed by atoms with Crippen LogP contribution < -0.4 is 20.7 Å². The molecule has 26 heavy (non-hydrogen) atoms. The molecule has 1 unspecified atom stereocenters. The molecule has 0 bridgehead atoms. The van der Waals surface area contributed by atoms with Crippen LogP contribution in [0.4, 0.5) is 11.4 Å². The zero-order valence-electron chi connectivity index (χ0n) is 14.6. The summed E-state index contributed by atoms with van der Waals surface area (Å²) in [7, 11) is 3.83. The van der Waals surface area contributed by atoms with E-state index in [0.717, 1.165) is 10.6 Å². The van der Waals surface area contributed by atoms with Crippen molar-refractivity contribution in [3.8, 4) is 0 Å². The smallest absolute Gasteiger partial charge is 0.265 e. The van der Waals surface area contributed by atoms with Gasteiger partial charge in [-0.3, -0.25) is 19.8 Å². The van der Waals surface area contributed by atoms with Gasteiger partial charge in [0.25, 0.3) is 11.8 Å². The van der Waals surface area contributed by atoms with Crippen LogP contribution in [0.5, 0.6) is 0 Å². The summed E-state index contributed by atoms with van der Waals surface area (Å²) in [5, 5.41) is 0. The number of imide groups is 1. The molecule has 2 aromatic carbocycles. The lowest BCUT2D eigenvalue weighted by Gasteiger charge is -2.16. The van der Waals surface area contributed by atoms with Crippen LogP contribution in [0.2, 0.25) is 0 Å². The Bertz CT molecular complexity index is 818. The van der Waals surface area contributed by atoms with Crippen molar-refractivity contribution in [2.45, 2.75) is 12.5 Å². The van der Waals surface area contributed by atoms with Gasteiger partial charge in [0.1, 0.15) is 6.04 Å². The van der Waals surface area contributed by atoms with Crippen LogP contribution >= 0.6 is 0 Å². The fourth-order valence-corrected chi connectivity index (χ4v) is 2.73. The van der Waals surface area contributed by atoms with Crippen molar-refractivity contribution in [3.05, 3.63) is 60.2 Å². The summed E-state index contributed by atoms with van der Waals surface area (Å²) in [6, 6.07) is 15.0. The number of amides is 3. The summed E-state index contributed by atoms with van der Waals surface area (Å²) in [6.07, 6.45) is -0.00637. The average Bonchev–Trinajstić information content (AvgIpc) is 2.94. The Hall–Kier alpha value is -3.19. The highest BCUT2D eigenvalue weighted by Crippen LogP contribution is 2.22. The number of carbonyl (C=O) groups excluding carboxylic acids is 3. The van der Waals surface area contributed by atoms with Gasteiger partial charge in [0, 0.05) is 25.3 Å². The van der Waals surface area contributed by atoms with Gasteiger partial charge in [-0.2, -0.15) is 0 Å². The Morgan fingerprint density at radius 1 is 1.04 bits per heavy atom. The molecule has 3 amide bonds. The highest BCUT2D eigenvalue weighted by molar-refractivity contribution is 6.22. The van der Waals surface area contributed by atoms with Gasteiger partial charge in [0.2, 0.25) is 5.91 Å². The van der Waals surface area contributed by atoms with Gasteiger partial charge in [0.05, 0.1) is 12.1 Å². The topological polar surface area (TPSA) is 81.8 Å². The van der Waals surface area contributed by atoms with E-state index >= 15 is 0 Å². The van der Waals surface area contributed by atoms with Crippen molar-refractivity contribution in [1.29, 1.82) is 0 Å². The third kappa shape index (κ3) is 3.57. The number of para-hydroxylation sites is 1. The fourth-order valence-electron chi connectivity index (χ4n) is 2.73. The van der Waals surface area contributed by atoms with Gasteiger partial charge >= 0.3 is 0 Å². The molecule has 2 N–H and O–H groups in total. The fraction of sp³-hybridized carbons (Fsp3) is 0.211. The molecule has 1 fully saturated rings. The van der Waals surface area contributed by atoms with Crippen molar-refractivity contribution in [1.82, 2.24) is 10.9 Å². The van der Waals surface area contributed by atoms with Crippen LogP contribution in [-0.4, -0.2) is 37.9 Å². The van der Waals surface area contributed by atoms with E-state index in [9.17, 15) is 14.4 Å². The molecule has 0 aliphatic carbocycles. The van der Waals surface area contributed by atoms with Crippen LogP contribution in [-0.2, 0) is 9.59 Å². The van der Waals surface area contributed by atoms with E-state index in [-0.39, 0.29) is 24.1 Å². The van der Waals surface area contributed by atoms with Crippen molar-refractivity contribution >= 4 is 29.1 Å². The summed E-state index contributed by atoms with van der Waals surface area (Å²) in [4.78, 5) is 39.9. The largest absolute Gasteiger partial charge is 0.378 e. The lowest BCUT2D eigenvalue weighted by atomic mass is 10.2. The number of rotatable bonds is 5. The number of nitrogens with one attached hydrogen (secondary N) is 2. The maximum absolute atomic E-state index is 12.5. The zero-order chi connectivity index (χ0) is 18.7. The summed E-state index contributed by atoms with van der Waals surface area (Å²) >= 11 is 0. The van der Waals surface area contributed by atoms with Crippen molar-refractivity contribution in [2.75, 3.05) is 23.9 Å². The molecule has 7 nitrogen and oxygen atoms in total. The molecule has 2 aromatic rings. The van der Waals surface area contributed by atoms with E-state index in [4.69, 9.17) is 0 Å². The highest BCUT2D eigenvalue weighted by atomic mass is 16.2. The maximum atomic E-state index is 12.5. The van der Waals surface area contributed by atoms with E-state index in [1.807, 2.05) is 37.2 Å². The van der Waals surface area contributed by atoms with Crippen molar-refractivity contribution in [2.24, 2.45) is 0 Å². The van der Waals surface area contributed by atoms with Gasteiger partial charge in [-0.1, -0.05) is 18.2 Å². The van der Waals surface area contributed by atoms with E-state index in [2.05, 4.69) is 10.9 Å². The van der Waals surface area contributed by atoms with Crippen molar-refractivity contribution < 1.29 is 14.4 Å². The maximum Gasteiger partial charge on any atom is 0.265 e. The summed E-state index contributed by atoms with van der Waals surface area (Å²) < 4.78 is 0. The number of hydrazine groups is 1. The van der Waals surface area contributed by atoms with E-state index in [0.29, 0.717) is 11.3 Å². The summed E-state index contributed by atoms with van der Waals surface area (Å²) in [6.45, 7) is 0. The molecule has 1 aliphatic heterocycles. The molecule has 1 saturated heterocycles. The molecular weight excluding hydrogens is 332 g/mol. The highest BCUT2D eigenvalue weighted by Gasteiger charge is 2.39. The Morgan fingerprint density at radius 3 is 2.31 bits per heavy atom. The first kappa shape index (κ1) is 17.6. The SMILES string of the molecule is CN(C)c1ccc(C(=O)NNC2CC(=O)N(c3ccccc3)C2=O)cc1. The van der Waals surface area contributed by atoms with Gasteiger partial charge in [-0.25, -0.2) is 10.3 Å². The van der Waals surface area contributed by atoms with Gasteiger partial charge < -0.3 is 4.90 Å². The minimum atomic E-state index is -0.785. The first-order chi connectivity index (χ1) is 12.5. The quantitative estimate of drug-likeness (QED) is 0.627. The number of anilines is 2. The third-order valence-electron chi connectivity index (χ3n) is 4.17. The number of hydrogen-bond acceptors (Lipinski definition) is 5. The molecule has 1 heterocycles. The Morgan fingerprint density at radius 2 is 1.69 bits per heavy atom. The van der Waals surface area contributed by atoms with Crippen LogP contribution in [0.25, 0.3) is 0 Å². The number of carbonyl (C=O) groups is 3. The monoisotopic (exact) mass is 352 g/mol. The molecule has 7 heteroatoms. The van der Waals surface area contributed by atoms with E-state index in [1.54, 1.807) is 36.4 Å². The molecular formula is C19H20N4O3. The van der Waals surface area contributed by atoms with E-state index in [1.165, 1.54) is 0 Å². The zero-order valence-corrected chi connectivity index (χ0v) is 14.6. The van der Waals surface area contributed by atoms with Crippen LogP contribution in [0.3, 0.4) is 0 Å². The minimum Gasteiger partial charge on any atom is -0.378 e.